The van der Waals surface area contributed by atoms with Crippen molar-refractivity contribution in [1.29, 1.82) is 0 Å². The highest BCUT2D eigenvalue weighted by Gasteiger charge is 2.20. The quantitative estimate of drug-likeness (QED) is 0.533. The SMILES string of the molecule is CCOc1ccccc1CNC(=NC)NCc1ccccc1CN1CCCC1=O. The summed E-state index contributed by atoms with van der Waals surface area (Å²) in [6, 6.07) is 16.3. The summed E-state index contributed by atoms with van der Waals surface area (Å²) in [5.41, 5.74) is 3.43. The number of rotatable bonds is 8. The van der Waals surface area contributed by atoms with E-state index in [2.05, 4.69) is 27.8 Å². The van der Waals surface area contributed by atoms with E-state index in [1.54, 1.807) is 7.05 Å². The Morgan fingerprint density at radius 1 is 1.03 bits per heavy atom. The van der Waals surface area contributed by atoms with Crippen molar-refractivity contribution in [2.75, 3.05) is 20.2 Å². The van der Waals surface area contributed by atoms with Gasteiger partial charge in [0.15, 0.2) is 5.96 Å². The topological polar surface area (TPSA) is 66.0 Å². The van der Waals surface area contributed by atoms with Gasteiger partial charge in [-0.25, -0.2) is 0 Å². The lowest BCUT2D eigenvalue weighted by atomic mass is 10.1. The predicted molar refractivity (Wildman–Crippen MR) is 116 cm³/mol. The van der Waals surface area contributed by atoms with Crippen molar-refractivity contribution < 1.29 is 9.53 Å². The van der Waals surface area contributed by atoms with Crippen LogP contribution in [-0.4, -0.2) is 37.0 Å². The van der Waals surface area contributed by atoms with Gasteiger partial charge in [-0.3, -0.25) is 9.79 Å². The minimum absolute atomic E-state index is 0.248. The summed E-state index contributed by atoms with van der Waals surface area (Å²) < 4.78 is 5.69. The predicted octanol–water partition coefficient (Wildman–Crippen LogP) is 3.07. The van der Waals surface area contributed by atoms with Crippen LogP contribution in [0.15, 0.2) is 53.5 Å². The van der Waals surface area contributed by atoms with Crippen LogP contribution in [0.4, 0.5) is 0 Å². The summed E-state index contributed by atoms with van der Waals surface area (Å²) >= 11 is 0. The normalized spacial score (nSPS) is 14.2. The van der Waals surface area contributed by atoms with Crippen molar-refractivity contribution in [3.05, 3.63) is 65.2 Å². The van der Waals surface area contributed by atoms with Crippen molar-refractivity contribution in [2.24, 2.45) is 4.99 Å². The molecular weight excluding hydrogens is 364 g/mol. The van der Waals surface area contributed by atoms with Gasteiger partial charge in [-0.2, -0.15) is 0 Å². The molecule has 0 unspecified atom stereocenters. The zero-order chi connectivity index (χ0) is 20.5. The Morgan fingerprint density at radius 2 is 1.69 bits per heavy atom. The first-order valence-corrected chi connectivity index (χ1v) is 10.2. The molecule has 2 aromatic rings. The van der Waals surface area contributed by atoms with Crippen LogP contribution in [0.1, 0.15) is 36.5 Å². The van der Waals surface area contributed by atoms with Crippen molar-refractivity contribution in [2.45, 2.75) is 39.4 Å². The Balaban J connectivity index is 1.58. The molecule has 2 aromatic carbocycles. The largest absolute Gasteiger partial charge is 0.494 e. The van der Waals surface area contributed by atoms with Crippen LogP contribution >= 0.6 is 0 Å². The second-order valence-electron chi connectivity index (χ2n) is 7.01. The van der Waals surface area contributed by atoms with Crippen LogP contribution in [0.2, 0.25) is 0 Å². The number of amides is 1. The van der Waals surface area contributed by atoms with E-state index in [4.69, 9.17) is 4.74 Å². The van der Waals surface area contributed by atoms with E-state index in [0.717, 1.165) is 30.2 Å². The minimum atomic E-state index is 0.248. The maximum Gasteiger partial charge on any atom is 0.222 e. The molecule has 1 aliphatic heterocycles. The summed E-state index contributed by atoms with van der Waals surface area (Å²) in [4.78, 5) is 18.2. The van der Waals surface area contributed by atoms with Gasteiger partial charge in [0.1, 0.15) is 5.75 Å². The zero-order valence-corrected chi connectivity index (χ0v) is 17.3. The summed E-state index contributed by atoms with van der Waals surface area (Å²) in [5, 5.41) is 6.73. The fourth-order valence-electron chi connectivity index (χ4n) is 3.49. The smallest absolute Gasteiger partial charge is 0.222 e. The number of likely N-dealkylation sites (tertiary alicyclic amines) is 1. The number of aliphatic imine (C=N–C) groups is 1. The van der Waals surface area contributed by atoms with E-state index in [0.29, 0.717) is 32.7 Å². The maximum absolute atomic E-state index is 12.0. The van der Waals surface area contributed by atoms with E-state index in [-0.39, 0.29) is 5.91 Å². The standard InChI is InChI=1S/C23H30N4O2/c1-3-29-21-12-7-6-10-19(21)16-26-23(24-2)25-15-18-9-4-5-11-20(18)17-27-14-8-13-22(27)28/h4-7,9-12H,3,8,13-17H2,1-2H3,(H2,24,25,26). The Labute approximate surface area is 173 Å². The number of nitrogens with zero attached hydrogens (tertiary/aromatic N) is 2. The zero-order valence-electron chi connectivity index (χ0n) is 17.3. The molecule has 154 valence electrons. The Hall–Kier alpha value is -3.02. The van der Waals surface area contributed by atoms with E-state index in [9.17, 15) is 4.79 Å². The molecule has 1 aliphatic rings. The number of carbonyl (C=O) groups excluding carboxylic acids is 1. The molecule has 6 heteroatoms. The van der Waals surface area contributed by atoms with Gasteiger partial charge < -0.3 is 20.3 Å². The average Bonchev–Trinajstić information content (AvgIpc) is 3.15. The molecule has 1 heterocycles. The van der Waals surface area contributed by atoms with Crippen molar-refractivity contribution in [1.82, 2.24) is 15.5 Å². The van der Waals surface area contributed by atoms with E-state index >= 15 is 0 Å². The number of ether oxygens (including phenoxy) is 1. The average molecular weight is 395 g/mol. The molecule has 0 radical (unpaired) electrons. The summed E-state index contributed by atoms with van der Waals surface area (Å²) in [6.07, 6.45) is 1.62. The summed E-state index contributed by atoms with van der Waals surface area (Å²) in [6.45, 7) is 5.41. The molecular formula is C23H30N4O2. The molecule has 0 aliphatic carbocycles. The fraction of sp³-hybridized carbons (Fsp3) is 0.391. The van der Waals surface area contributed by atoms with Gasteiger partial charge in [0, 0.05) is 45.2 Å². The monoisotopic (exact) mass is 394 g/mol. The third-order valence-corrected chi connectivity index (χ3v) is 5.04. The van der Waals surface area contributed by atoms with Crippen LogP contribution < -0.4 is 15.4 Å². The lowest BCUT2D eigenvalue weighted by molar-refractivity contribution is -0.128. The van der Waals surface area contributed by atoms with E-state index in [1.807, 2.05) is 48.2 Å². The Bertz CT molecular complexity index is 850. The third-order valence-electron chi connectivity index (χ3n) is 5.04. The summed E-state index contributed by atoms with van der Waals surface area (Å²) in [5.74, 6) is 1.86. The molecule has 0 aromatic heterocycles. The first kappa shape index (κ1) is 20.7. The maximum atomic E-state index is 12.0. The Kier molecular flexibility index (Phi) is 7.50. The van der Waals surface area contributed by atoms with Gasteiger partial charge >= 0.3 is 0 Å². The second kappa shape index (κ2) is 10.5. The number of hydrogen-bond acceptors (Lipinski definition) is 3. The van der Waals surface area contributed by atoms with Gasteiger partial charge in [0.25, 0.3) is 0 Å². The number of carbonyl (C=O) groups is 1. The molecule has 1 saturated heterocycles. The van der Waals surface area contributed by atoms with Gasteiger partial charge in [0.2, 0.25) is 5.91 Å². The van der Waals surface area contributed by atoms with Crippen LogP contribution in [0.3, 0.4) is 0 Å². The lowest BCUT2D eigenvalue weighted by Crippen LogP contribution is -2.36. The summed E-state index contributed by atoms with van der Waals surface area (Å²) in [7, 11) is 1.76. The number of hydrogen-bond donors (Lipinski definition) is 2. The number of benzene rings is 2. The molecule has 3 rings (SSSR count). The lowest BCUT2D eigenvalue weighted by Gasteiger charge is -2.19. The van der Waals surface area contributed by atoms with Gasteiger partial charge in [-0.1, -0.05) is 42.5 Å². The van der Waals surface area contributed by atoms with Crippen molar-refractivity contribution in [3.8, 4) is 5.75 Å². The molecule has 6 nitrogen and oxygen atoms in total. The van der Waals surface area contributed by atoms with Crippen LogP contribution in [0.25, 0.3) is 0 Å². The highest BCUT2D eigenvalue weighted by atomic mass is 16.5. The van der Waals surface area contributed by atoms with E-state index in [1.165, 1.54) is 11.1 Å². The Morgan fingerprint density at radius 3 is 2.34 bits per heavy atom. The molecule has 1 amide bonds. The first-order valence-electron chi connectivity index (χ1n) is 10.2. The first-order chi connectivity index (χ1) is 14.2. The van der Waals surface area contributed by atoms with Gasteiger partial charge in [-0.15, -0.1) is 0 Å². The molecule has 0 spiro atoms. The van der Waals surface area contributed by atoms with Gasteiger partial charge in [0.05, 0.1) is 6.61 Å². The number of guanidine groups is 1. The van der Waals surface area contributed by atoms with Crippen molar-refractivity contribution in [3.63, 3.8) is 0 Å². The molecule has 0 saturated carbocycles. The third kappa shape index (κ3) is 5.73. The van der Waals surface area contributed by atoms with Crippen LogP contribution in [0.5, 0.6) is 5.75 Å². The van der Waals surface area contributed by atoms with Crippen LogP contribution in [0, 0.1) is 0 Å². The number of nitrogens with one attached hydrogen (secondary N) is 2. The highest BCUT2D eigenvalue weighted by molar-refractivity contribution is 5.80. The van der Waals surface area contributed by atoms with Crippen molar-refractivity contribution >= 4 is 11.9 Å². The highest BCUT2D eigenvalue weighted by Crippen LogP contribution is 2.18. The fourth-order valence-corrected chi connectivity index (χ4v) is 3.49. The molecule has 2 N–H and O–H groups in total. The molecule has 0 bridgehead atoms. The van der Waals surface area contributed by atoms with E-state index < -0.39 is 0 Å². The molecule has 29 heavy (non-hydrogen) atoms. The molecule has 1 fully saturated rings. The van der Waals surface area contributed by atoms with Crippen LogP contribution in [-0.2, 0) is 24.4 Å². The minimum Gasteiger partial charge on any atom is -0.494 e. The second-order valence-corrected chi connectivity index (χ2v) is 7.01. The number of para-hydroxylation sites is 1. The molecule has 0 atom stereocenters. The van der Waals surface area contributed by atoms with Gasteiger partial charge in [-0.05, 0) is 30.5 Å².